The average molecular weight is 286 g/mol. The van der Waals surface area contributed by atoms with E-state index in [4.69, 9.17) is 0 Å². The molecule has 88 valence electrons. The highest BCUT2D eigenvalue weighted by molar-refractivity contribution is 9.10. The molecular weight excluding hydrogens is 269 g/mol. The smallest absolute Gasteiger partial charge is 0.137 e. The number of hydrogen-bond acceptors (Lipinski definition) is 1. The Morgan fingerprint density at radius 3 is 3.06 bits per heavy atom. The van der Waals surface area contributed by atoms with Crippen LogP contribution < -0.4 is 5.32 Å². The van der Waals surface area contributed by atoms with Crippen molar-refractivity contribution in [1.82, 2.24) is 5.32 Å². The Hall–Kier alpha value is -0.410. The molecule has 2 unspecified atom stereocenters. The van der Waals surface area contributed by atoms with Crippen molar-refractivity contribution in [2.24, 2.45) is 5.92 Å². The fraction of sp³-hybridized carbons (Fsp3) is 0.538. The van der Waals surface area contributed by atoms with Crippen LogP contribution in [0.1, 0.15) is 25.3 Å². The largest absolute Gasteiger partial charge is 0.314 e. The Bertz CT molecular complexity index is 367. The van der Waals surface area contributed by atoms with Gasteiger partial charge in [0.25, 0.3) is 0 Å². The van der Waals surface area contributed by atoms with Gasteiger partial charge in [-0.1, -0.05) is 19.1 Å². The molecule has 1 saturated heterocycles. The highest BCUT2D eigenvalue weighted by Gasteiger charge is 2.19. The first-order chi connectivity index (χ1) is 7.66. The van der Waals surface area contributed by atoms with Crippen LogP contribution in [0.15, 0.2) is 22.7 Å². The van der Waals surface area contributed by atoms with Gasteiger partial charge in [-0.2, -0.15) is 0 Å². The van der Waals surface area contributed by atoms with Crippen molar-refractivity contribution < 1.29 is 4.39 Å². The summed E-state index contributed by atoms with van der Waals surface area (Å²) in [6, 6.07) is 5.75. The van der Waals surface area contributed by atoms with Gasteiger partial charge >= 0.3 is 0 Å². The Balaban J connectivity index is 2.05. The predicted molar refractivity (Wildman–Crippen MR) is 68.0 cm³/mol. The molecule has 1 aliphatic heterocycles. The summed E-state index contributed by atoms with van der Waals surface area (Å²) in [6.45, 7) is 3.37. The van der Waals surface area contributed by atoms with Crippen LogP contribution in [0.4, 0.5) is 4.39 Å². The van der Waals surface area contributed by atoms with E-state index in [1.165, 1.54) is 18.9 Å². The van der Waals surface area contributed by atoms with E-state index in [0.717, 1.165) is 24.4 Å². The molecule has 1 N–H and O–H groups in total. The first-order valence-electron chi connectivity index (χ1n) is 5.83. The normalized spacial score (nSPS) is 25.7. The minimum absolute atomic E-state index is 0.165. The molecule has 1 heterocycles. The SMILES string of the molecule is CC1CCNC(Cc2cccc(F)c2Br)C1. The monoisotopic (exact) mass is 285 g/mol. The molecule has 0 amide bonds. The van der Waals surface area contributed by atoms with Gasteiger partial charge in [0.2, 0.25) is 0 Å². The van der Waals surface area contributed by atoms with Crippen molar-refractivity contribution in [1.29, 1.82) is 0 Å². The minimum atomic E-state index is -0.165. The zero-order chi connectivity index (χ0) is 11.5. The molecule has 0 saturated carbocycles. The molecule has 2 atom stereocenters. The summed E-state index contributed by atoms with van der Waals surface area (Å²) in [6.07, 6.45) is 3.34. The lowest BCUT2D eigenvalue weighted by atomic mass is 9.90. The van der Waals surface area contributed by atoms with Crippen LogP contribution in [-0.2, 0) is 6.42 Å². The van der Waals surface area contributed by atoms with E-state index in [1.807, 2.05) is 6.07 Å². The molecule has 1 nitrogen and oxygen atoms in total. The lowest BCUT2D eigenvalue weighted by molar-refractivity contribution is 0.318. The number of piperidine rings is 1. The lowest BCUT2D eigenvalue weighted by Crippen LogP contribution is -2.38. The van der Waals surface area contributed by atoms with Crippen LogP contribution in [0, 0.1) is 11.7 Å². The molecule has 1 fully saturated rings. The molecule has 0 aliphatic carbocycles. The van der Waals surface area contributed by atoms with Gasteiger partial charge in [-0.3, -0.25) is 0 Å². The standard InChI is InChI=1S/C13H17BrFN/c1-9-5-6-16-11(7-9)8-10-3-2-4-12(15)13(10)14/h2-4,9,11,16H,5-8H2,1H3. The summed E-state index contributed by atoms with van der Waals surface area (Å²) in [4.78, 5) is 0. The maximum absolute atomic E-state index is 13.3. The summed E-state index contributed by atoms with van der Waals surface area (Å²) < 4.78 is 14.0. The second kappa shape index (κ2) is 5.28. The summed E-state index contributed by atoms with van der Waals surface area (Å²) in [7, 11) is 0. The zero-order valence-electron chi connectivity index (χ0n) is 9.47. The van der Waals surface area contributed by atoms with E-state index in [2.05, 4.69) is 28.2 Å². The second-order valence-corrected chi connectivity index (χ2v) is 5.49. The van der Waals surface area contributed by atoms with E-state index in [0.29, 0.717) is 10.5 Å². The molecule has 0 spiro atoms. The number of halogens is 2. The van der Waals surface area contributed by atoms with Gasteiger partial charge in [-0.05, 0) is 59.3 Å². The van der Waals surface area contributed by atoms with E-state index < -0.39 is 0 Å². The molecule has 0 radical (unpaired) electrons. The van der Waals surface area contributed by atoms with E-state index in [9.17, 15) is 4.39 Å². The van der Waals surface area contributed by atoms with Crippen molar-refractivity contribution in [2.45, 2.75) is 32.2 Å². The predicted octanol–water partition coefficient (Wildman–Crippen LogP) is 3.52. The third-order valence-electron chi connectivity index (χ3n) is 3.25. The Morgan fingerprint density at radius 2 is 2.31 bits per heavy atom. The van der Waals surface area contributed by atoms with E-state index in [-0.39, 0.29) is 5.82 Å². The molecule has 2 rings (SSSR count). The highest BCUT2D eigenvalue weighted by atomic mass is 79.9. The summed E-state index contributed by atoms with van der Waals surface area (Å²) in [5.74, 6) is 0.611. The second-order valence-electron chi connectivity index (χ2n) is 4.70. The van der Waals surface area contributed by atoms with Gasteiger partial charge in [0, 0.05) is 6.04 Å². The number of hydrogen-bond donors (Lipinski definition) is 1. The fourth-order valence-electron chi connectivity index (χ4n) is 2.35. The molecule has 1 aromatic carbocycles. The Kier molecular flexibility index (Phi) is 3.98. The van der Waals surface area contributed by atoms with Gasteiger partial charge in [-0.25, -0.2) is 4.39 Å². The van der Waals surface area contributed by atoms with Gasteiger partial charge in [-0.15, -0.1) is 0 Å². The first kappa shape index (κ1) is 12.1. The van der Waals surface area contributed by atoms with Crippen LogP contribution in [-0.4, -0.2) is 12.6 Å². The average Bonchev–Trinajstić information content (AvgIpc) is 2.25. The zero-order valence-corrected chi connectivity index (χ0v) is 11.1. The molecule has 3 heteroatoms. The maximum Gasteiger partial charge on any atom is 0.137 e. The maximum atomic E-state index is 13.3. The molecular formula is C13H17BrFN. The number of benzene rings is 1. The van der Waals surface area contributed by atoms with Gasteiger partial charge in [0.05, 0.1) is 4.47 Å². The van der Waals surface area contributed by atoms with E-state index >= 15 is 0 Å². The van der Waals surface area contributed by atoms with Crippen LogP contribution in [0.3, 0.4) is 0 Å². The quantitative estimate of drug-likeness (QED) is 0.877. The van der Waals surface area contributed by atoms with Crippen LogP contribution in [0.5, 0.6) is 0 Å². The molecule has 0 bridgehead atoms. The minimum Gasteiger partial charge on any atom is -0.314 e. The Labute approximate surface area is 105 Å². The van der Waals surface area contributed by atoms with Gasteiger partial charge in [0.1, 0.15) is 5.82 Å². The van der Waals surface area contributed by atoms with Gasteiger partial charge < -0.3 is 5.32 Å². The third-order valence-corrected chi connectivity index (χ3v) is 4.14. The summed E-state index contributed by atoms with van der Waals surface area (Å²) in [5.41, 5.74) is 1.06. The van der Waals surface area contributed by atoms with Crippen molar-refractivity contribution in [3.8, 4) is 0 Å². The molecule has 16 heavy (non-hydrogen) atoms. The molecule has 1 aromatic rings. The topological polar surface area (TPSA) is 12.0 Å². The van der Waals surface area contributed by atoms with Crippen molar-refractivity contribution in [3.05, 3.63) is 34.1 Å². The van der Waals surface area contributed by atoms with Crippen molar-refractivity contribution in [3.63, 3.8) is 0 Å². The Morgan fingerprint density at radius 1 is 1.50 bits per heavy atom. The summed E-state index contributed by atoms with van der Waals surface area (Å²) >= 11 is 3.32. The van der Waals surface area contributed by atoms with Crippen molar-refractivity contribution in [2.75, 3.05) is 6.54 Å². The number of nitrogens with one attached hydrogen (secondary N) is 1. The summed E-state index contributed by atoms with van der Waals surface area (Å²) in [5, 5.41) is 3.50. The van der Waals surface area contributed by atoms with Crippen LogP contribution in [0.25, 0.3) is 0 Å². The van der Waals surface area contributed by atoms with Gasteiger partial charge in [0.15, 0.2) is 0 Å². The van der Waals surface area contributed by atoms with Crippen molar-refractivity contribution >= 4 is 15.9 Å². The number of rotatable bonds is 2. The molecule has 1 aliphatic rings. The van der Waals surface area contributed by atoms with E-state index in [1.54, 1.807) is 6.07 Å². The first-order valence-corrected chi connectivity index (χ1v) is 6.62. The van der Waals surface area contributed by atoms with Crippen LogP contribution in [0.2, 0.25) is 0 Å². The fourth-order valence-corrected chi connectivity index (χ4v) is 2.77. The molecule has 0 aromatic heterocycles. The highest BCUT2D eigenvalue weighted by Crippen LogP contribution is 2.24. The van der Waals surface area contributed by atoms with Crippen LogP contribution >= 0.6 is 15.9 Å². The third kappa shape index (κ3) is 2.83. The lowest BCUT2D eigenvalue weighted by Gasteiger charge is -2.28.